The van der Waals surface area contributed by atoms with Gasteiger partial charge in [-0.1, -0.05) is 0 Å². The van der Waals surface area contributed by atoms with Crippen LogP contribution in [0.5, 0.6) is 5.75 Å². The maximum absolute atomic E-state index is 12.9. The van der Waals surface area contributed by atoms with Gasteiger partial charge in [0.25, 0.3) is 6.43 Å². The van der Waals surface area contributed by atoms with E-state index >= 15 is 0 Å². The van der Waals surface area contributed by atoms with Gasteiger partial charge in [-0.25, -0.2) is 13.9 Å². The van der Waals surface area contributed by atoms with E-state index in [9.17, 15) is 18.9 Å². The second kappa shape index (κ2) is 8.04. The van der Waals surface area contributed by atoms with E-state index in [0.717, 1.165) is 10.9 Å². The zero-order valence-corrected chi connectivity index (χ0v) is 15.1. The van der Waals surface area contributed by atoms with Gasteiger partial charge in [-0.05, 0) is 36.0 Å². The van der Waals surface area contributed by atoms with E-state index in [1.54, 1.807) is 18.2 Å². The minimum absolute atomic E-state index is 0.0656. The summed E-state index contributed by atoms with van der Waals surface area (Å²) in [5.41, 5.74) is 1.10. The standard InChI is InChI=1S/C15H13F2N7O3S/c1-27-12-3-2-9(5-19-23-14(13(16)17)20-21-15(23)28)4-10(12)7-22-8-11(6-18-22)24(25)26/h2-6,8,13H,7H2,1H3,(H,21,28). The third kappa shape index (κ3) is 4.09. The quantitative estimate of drug-likeness (QED) is 0.278. The van der Waals surface area contributed by atoms with Crippen molar-refractivity contribution in [2.75, 3.05) is 7.11 Å². The van der Waals surface area contributed by atoms with E-state index in [1.807, 2.05) is 0 Å². The fourth-order valence-corrected chi connectivity index (χ4v) is 2.58. The molecule has 146 valence electrons. The molecule has 28 heavy (non-hydrogen) atoms. The van der Waals surface area contributed by atoms with Crippen LogP contribution in [0.1, 0.15) is 23.4 Å². The maximum Gasteiger partial charge on any atom is 0.307 e. The van der Waals surface area contributed by atoms with E-state index in [-0.39, 0.29) is 17.0 Å². The highest BCUT2D eigenvalue weighted by molar-refractivity contribution is 7.71. The number of aromatic amines is 1. The van der Waals surface area contributed by atoms with Gasteiger partial charge >= 0.3 is 5.69 Å². The molecule has 0 fully saturated rings. The van der Waals surface area contributed by atoms with Crippen LogP contribution < -0.4 is 4.74 Å². The molecule has 0 bridgehead atoms. The van der Waals surface area contributed by atoms with Crippen LogP contribution in [0.25, 0.3) is 0 Å². The zero-order chi connectivity index (χ0) is 20.3. The molecule has 0 spiro atoms. The molecule has 3 aromatic rings. The monoisotopic (exact) mass is 409 g/mol. The Balaban J connectivity index is 1.89. The van der Waals surface area contributed by atoms with Gasteiger partial charge in [0.1, 0.15) is 18.1 Å². The number of ether oxygens (including phenoxy) is 1. The molecule has 0 saturated carbocycles. The van der Waals surface area contributed by atoms with Gasteiger partial charge in [-0.2, -0.15) is 20.0 Å². The summed E-state index contributed by atoms with van der Waals surface area (Å²) in [6.07, 6.45) is 0.933. The van der Waals surface area contributed by atoms with Crippen molar-refractivity contribution in [2.45, 2.75) is 13.0 Å². The first-order valence-electron chi connectivity index (χ1n) is 7.72. The number of nitrogens with one attached hydrogen (secondary N) is 1. The summed E-state index contributed by atoms with van der Waals surface area (Å²) in [6, 6.07) is 5.03. The average Bonchev–Trinajstić information content (AvgIpc) is 3.27. The molecule has 0 atom stereocenters. The molecule has 0 amide bonds. The second-order valence-corrected chi connectivity index (χ2v) is 5.86. The molecule has 2 aromatic heterocycles. The lowest BCUT2D eigenvalue weighted by molar-refractivity contribution is -0.385. The van der Waals surface area contributed by atoms with Gasteiger partial charge in [0, 0.05) is 5.56 Å². The van der Waals surface area contributed by atoms with Crippen molar-refractivity contribution in [3.63, 3.8) is 0 Å². The molecular formula is C15H13F2N7O3S. The van der Waals surface area contributed by atoms with Crippen LogP contribution in [0.4, 0.5) is 14.5 Å². The Kier molecular flexibility index (Phi) is 5.54. The lowest BCUT2D eigenvalue weighted by Crippen LogP contribution is -2.04. The van der Waals surface area contributed by atoms with Gasteiger partial charge in [0.05, 0.1) is 24.8 Å². The van der Waals surface area contributed by atoms with Crippen LogP contribution in [-0.2, 0) is 6.54 Å². The zero-order valence-electron chi connectivity index (χ0n) is 14.3. The molecular weight excluding hydrogens is 396 g/mol. The van der Waals surface area contributed by atoms with Crippen LogP contribution in [0.3, 0.4) is 0 Å². The van der Waals surface area contributed by atoms with Crippen molar-refractivity contribution < 1.29 is 18.4 Å². The number of halogens is 2. The Labute approximate surface area is 161 Å². The number of H-pyrrole nitrogens is 1. The molecule has 3 rings (SSSR count). The molecule has 2 heterocycles. The molecule has 0 radical (unpaired) electrons. The van der Waals surface area contributed by atoms with Crippen molar-refractivity contribution in [2.24, 2.45) is 5.10 Å². The third-order valence-electron chi connectivity index (χ3n) is 3.66. The molecule has 0 unspecified atom stereocenters. The summed E-state index contributed by atoms with van der Waals surface area (Å²) in [6.45, 7) is 0.201. The number of hydrogen-bond donors (Lipinski definition) is 1. The van der Waals surface area contributed by atoms with Crippen LogP contribution in [0, 0.1) is 14.9 Å². The first kappa shape index (κ1) is 19.3. The van der Waals surface area contributed by atoms with E-state index in [2.05, 4.69) is 20.4 Å². The normalized spacial score (nSPS) is 11.4. The lowest BCUT2D eigenvalue weighted by Gasteiger charge is -2.09. The number of nitro groups is 1. The highest BCUT2D eigenvalue weighted by atomic mass is 32.1. The second-order valence-electron chi connectivity index (χ2n) is 5.47. The molecule has 1 N–H and O–H groups in total. The summed E-state index contributed by atoms with van der Waals surface area (Å²) >= 11 is 4.89. The first-order valence-corrected chi connectivity index (χ1v) is 8.13. The van der Waals surface area contributed by atoms with E-state index in [0.29, 0.717) is 16.9 Å². The number of rotatable bonds is 7. The van der Waals surface area contributed by atoms with Crippen LogP contribution in [0.2, 0.25) is 0 Å². The van der Waals surface area contributed by atoms with Crippen molar-refractivity contribution in [1.82, 2.24) is 24.7 Å². The highest BCUT2D eigenvalue weighted by Gasteiger charge is 2.16. The number of hydrogen-bond acceptors (Lipinski definition) is 7. The summed E-state index contributed by atoms with van der Waals surface area (Å²) in [7, 11) is 1.48. The lowest BCUT2D eigenvalue weighted by atomic mass is 10.1. The van der Waals surface area contributed by atoms with Gasteiger partial charge in [-0.15, -0.1) is 0 Å². The predicted molar refractivity (Wildman–Crippen MR) is 96.3 cm³/mol. The molecule has 0 saturated heterocycles. The minimum Gasteiger partial charge on any atom is -0.496 e. The van der Waals surface area contributed by atoms with Crippen molar-refractivity contribution in [3.8, 4) is 5.75 Å². The van der Waals surface area contributed by atoms with Crippen LogP contribution >= 0.6 is 12.2 Å². The fraction of sp³-hybridized carbons (Fsp3) is 0.200. The molecule has 0 aliphatic carbocycles. The maximum atomic E-state index is 12.9. The summed E-state index contributed by atoms with van der Waals surface area (Å²) in [4.78, 5) is 10.2. The largest absolute Gasteiger partial charge is 0.496 e. The van der Waals surface area contributed by atoms with E-state index in [1.165, 1.54) is 24.2 Å². The number of methoxy groups -OCH3 is 1. The minimum atomic E-state index is -2.84. The Bertz CT molecular complexity index is 1090. The number of alkyl halides is 2. The first-order chi connectivity index (χ1) is 13.4. The third-order valence-corrected chi connectivity index (χ3v) is 3.92. The average molecular weight is 409 g/mol. The molecule has 10 nitrogen and oxygen atoms in total. The van der Waals surface area contributed by atoms with Gasteiger partial charge in [0.2, 0.25) is 10.6 Å². The number of nitrogens with zero attached hydrogens (tertiary/aromatic N) is 6. The molecule has 13 heteroatoms. The van der Waals surface area contributed by atoms with Crippen molar-refractivity contribution in [1.29, 1.82) is 0 Å². The Morgan fingerprint density at radius 1 is 1.50 bits per heavy atom. The summed E-state index contributed by atoms with van der Waals surface area (Å²) in [5.74, 6) is -0.0673. The molecule has 0 aliphatic rings. The van der Waals surface area contributed by atoms with Crippen molar-refractivity contribution >= 4 is 24.1 Å². The highest BCUT2D eigenvalue weighted by Crippen LogP contribution is 2.21. The molecule has 0 aliphatic heterocycles. The number of aromatic nitrogens is 5. The van der Waals surface area contributed by atoms with Gasteiger partial charge in [-0.3, -0.25) is 14.8 Å². The van der Waals surface area contributed by atoms with Gasteiger partial charge < -0.3 is 4.74 Å². The smallest absolute Gasteiger partial charge is 0.307 e. The topological polar surface area (TPSA) is 116 Å². The summed E-state index contributed by atoms with van der Waals surface area (Å²) < 4.78 is 33.3. The van der Waals surface area contributed by atoms with E-state index in [4.69, 9.17) is 17.0 Å². The Morgan fingerprint density at radius 2 is 2.29 bits per heavy atom. The molecule has 1 aromatic carbocycles. The summed E-state index contributed by atoms with van der Waals surface area (Å²) in [5, 5.41) is 24.4. The number of benzene rings is 1. The Morgan fingerprint density at radius 3 is 2.93 bits per heavy atom. The van der Waals surface area contributed by atoms with Gasteiger partial charge in [0.15, 0.2) is 0 Å². The van der Waals surface area contributed by atoms with Crippen LogP contribution in [0.15, 0.2) is 35.7 Å². The Hall–Kier alpha value is -3.48. The van der Waals surface area contributed by atoms with E-state index < -0.39 is 17.2 Å². The SMILES string of the molecule is COc1ccc(C=Nn2c(C(F)F)n[nH]c2=S)cc1Cn1cc([N+](=O)[O-])cn1. The van der Waals surface area contributed by atoms with Crippen molar-refractivity contribution in [3.05, 3.63) is 62.4 Å². The van der Waals surface area contributed by atoms with Crippen LogP contribution in [-0.4, -0.2) is 42.9 Å². The predicted octanol–water partition coefficient (Wildman–Crippen LogP) is 2.92. The fourth-order valence-electron chi connectivity index (χ4n) is 2.39.